The largest absolute Gasteiger partial charge is 0.212 e. The molecule has 0 radical (unpaired) electrons. The van der Waals surface area contributed by atoms with E-state index in [1.807, 2.05) is 18.2 Å². The van der Waals surface area contributed by atoms with Gasteiger partial charge in [0, 0.05) is 40.7 Å². The van der Waals surface area contributed by atoms with Crippen molar-refractivity contribution < 1.29 is 0 Å². The molecule has 1 saturated carbocycles. The second-order valence-corrected chi connectivity index (χ2v) is 18.0. The number of rotatable bonds is 8. The Labute approximate surface area is 382 Å². The van der Waals surface area contributed by atoms with Gasteiger partial charge in [0.2, 0.25) is 0 Å². The predicted octanol–water partition coefficient (Wildman–Crippen LogP) is 14.6. The van der Waals surface area contributed by atoms with E-state index in [-0.39, 0.29) is 35.0 Å². The van der Waals surface area contributed by atoms with Crippen molar-refractivity contribution in [3.8, 4) is 33.9 Å². The molecule has 12 rings (SSSR count). The van der Waals surface area contributed by atoms with Gasteiger partial charge in [0.25, 0.3) is 0 Å². The zero-order chi connectivity index (χ0) is 43.2. The van der Waals surface area contributed by atoms with E-state index in [1.165, 1.54) is 50.1 Å². The molecular formula is C62H49N3. The van der Waals surface area contributed by atoms with Gasteiger partial charge in [0.15, 0.2) is 11.6 Å². The number of benzene rings is 5. The van der Waals surface area contributed by atoms with Crippen LogP contribution in [0.5, 0.6) is 0 Å². The molecule has 0 aliphatic heterocycles. The van der Waals surface area contributed by atoms with E-state index in [1.54, 1.807) is 0 Å². The number of aromatic nitrogens is 3. The quantitative estimate of drug-likeness (QED) is 0.153. The summed E-state index contributed by atoms with van der Waals surface area (Å²) in [5, 5.41) is 0. The first-order valence-electron chi connectivity index (χ1n) is 23.3. The lowest BCUT2D eigenvalue weighted by Crippen LogP contribution is -2.36. The SMILES string of the molecule is C1=CCC(c2nc(-c3ccccc3)nc(-c3ccc(-c4cccc(C5=CC6C(C=C5)C5=C(c7ccccc7)C7C=CC=CC7C=C5C6(C5=CCCC=C5)c5ccccc5)c4)cc3)n2)C=C1. The maximum Gasteiger partial charge on any atom is 0.163 e. The van der Waals surface area contributed by atoms with Crippen LogP contribution in [-0.4, -0.2) is 15.0 Å². The Morgan fingerprint density at radius 2 is 1.15 bits per heavy atom. The van der Waals surface area contributed by atoms with Crippen molar-refractivity contribution in [2.75, 3.05) is 0 Å². The molecule has 3 nitrogen and oxygen atoms in total. The molecule has 312 valence electrons. The Kier molecular flexibility index (Phi) is 9.97. The molecule has 0 N–H and O–H groups in total. The van der Waals surface area contributed by atoms with Crippen LogP contribution in [-0.2, 0) is 5.41 Å². The third-order valence-corrected chi connectivity index (χ3v) is 14.4. The monoisotopic (exact) mass is 835 g/mol. The highest BCUT2D eigenvalue weighted by atomic mass is 15.0. The Morgan fingerprint density at radius 3 is 1.89 bits per heavy atom. The zero-order valence-electron chi connectivity index (χ0n) is 36.3. The molecule has 1 heterocycles. The summed E-state index contributed by atoms with van der Waals surface area (Å²) in [6.07, 6.45) is 38.5. The van der Waals surface area contributed by atoms with Crippen LogP contribution in [0.1, 0.15) is 47.7 Å². The summed E-state index contributed by atoms with van der Waals surface area (Å²) in [5.41, 5.74) is 15.0. The van der Waals surface area contributed by atoms with Gasteiger partial charge in [-0.05, 0) is 81.0 Å². The molecule has 0 saturated heterocycles. The zero-order valence-corrected chi connectivity index (χ0v) is 36.3. The van der Waals surface area contributed by atoms with E-state index in [0.717, 1.165) is 41.8 Å². The van der Waals surface area contributed by atoms with E-state index in [0.29, 0.717) is 11.6 Å². The van der Waals surface area contributed by atoms with Crippen molar-refractivity contribution in [3.63, 3.8) is 0 Å². The van der Waals surface area contributed by atoms with Gasteiger partial charge in [0.05, 0.1) is 5.41 Å². The van der Waals surface area contributed by atoms with Crippen molar-refractivity contribution >= 4 is 11.1 Å². The molecule has 6 aliphatic rings. The van der Waals surface area contributed by atoms with Crippen LogP contribution in [0.4, 0.5) is 0 Å². The van der Waals surface area contributed by atoms with Gasteiger partial charge in [-0.1, -0.05) is 225 Å². The van der Waals surface area contributed by atoms with Gasteiger partial charge >= 0.3 is 0 Å². The van der Waals surface area contributed by atoms with Gasteiger partial charge in [-0.25, -0.2) is 15.0 Å². The van der Waals surface area contributed by atoms with Crippen LogP contribution in [0.15, 0.2) is 247 Å². The molecule has 65 heavy (non-hydrogen) atoms. The molecule has 6 aromatic rings. The first kappa shape index (κ1) is 39.1. The normalized spacial score (nSPS) is 24.8. The van der Waals surface area contributed by atoms with Crippen LogP contribution in [0.25, 0.3) is 45.0 Å². The van der Waals surface area contributed by atoms with Crippen molar-refractivity contribution in [3.05, 3.63) is 270 Å². The maximum atomic E-state index is 5.05. The summed E-state index contributed by atoms with van der Waals surface area (Å²) in [7, 11) is 0. The standard InChI is InChI=1S/C62H49N3/c1-6-19-43(20-7-1)57-53-32-17-16-25-50(53)41-56-58(57)54-38-37-49(40-55(54)62(56,51-28-12-4-13-29-51)52-30-14-5-15-31-52)48-27-18-26-47(39-48)42-33-35-46(36-34-42)61-64-59(44-21-8-2-9-22-44)63-60(65-61)45-23-10-3-11-24-45/h1-4,6-14,16-23,25-41,45,50,53-55H,5,15,24H2. The first-order chi connectivity index (χ1) is 32.2. The minimum atomic E-state index is -0.360. The topological polar surface area (TPSA) is 38.7 Å². The third kappa shape index (κ3) is 6.85. The van der Waals surface area contributed by atoms with Crippen molar-refractivity contribution in [1.29, 1.82) is 0 Å². The van der Waals surface area contributed by atoms with Crippen LogP contribution >= 0.6 is 0 Å². The molecule has 1 aromatic heterocycles. The van der Waals surface area contributed by atoms with E-state index >= 15 is 0 Å². The fourth-order valence-electron chi connectivity index (χ4n) is 11.4. The minimum Gasteiger partial charge on any atom is -0.212 e. The van der Waals surface area contributed by atoms with Gasteiger partial charge in [-0.2, -0.15) is 0 Å². The van der Waals surface area contributed by atoms with E-state index in [4.69, 9.17) is 15.0 Å². The molecule has 0 spiro atoms. The maximum absolute atomic E-state index is 5.05. The van der Waals surface area contributed by atoms with E-state index < -0.39 is 0 Å². The van der Waals surface area contributed by atoms with Gasteiger partial charge in [-0.15, -0.1) is 0 Å². The highest BCUT2D eigenvalue weighted by Crippen LogP contribution is 2.66. The lowest BCUT2D eigenvalue weighted by Gasteiger charge is -2.42. The average molecular weight is 836 g/mol. The second-order valence-electron chi connectivity index (χ2n) is 18.0. The van der Waals surface area contributed by atoms with Gasteiger partial charge in [-0.3, -0.25) is 0 Å². The Hall–Kier alpha value is -7.49. The summed E-state index contributed by atoms with van der Waals surface area (Å²) < 4.78 is 0. The fourth-order valence-corrected chi connectivity index (χ4v) is 11.4. The predicted molar refractivity (Wildman–Crippen MR) is 267 cm³/mol. The summed E-state index contributed by atoms with van der Waals surface area (Å²) >= 11 is 0. The van der Waals surface area contributed by atoms with E-state index in [2.05, 4.69) is 212 Å². The average Bonchev–Trinajstić information content (AvgIpc) is 3.68. The first-order valence-corrected chi connectivity index (χ1v) is 23.3. The number of fused-ring (bicyclic) bond motifs is 4. The fraction of sp³-hybridized carbons (Fsp3) is 0.145. The molecule has 6 atom stereocenters. The summed E-state index contributed by atoms with van der Waals surface area (Å²) in [4.78, 5) is 15.0. The number of hydrogen-bond acceptors (Lipinski definition) is 3. The number of allylic oxidation sites excluding steroid dienone is 20. The highest BCUT2D eigenvalue weighted by molar-refractivity contribution is 5.87. The number of nitrogens with zero attached hydrogens (tertiary/aromatic N) is 3. The minimum absolute atomic E-state index is 0.115. The third-order valence-electron chi connectivity index (χ3n) is 14.4. The molecule has 1 fully saturated rings. The molecule has 6 unspecified atom stereocenters. The molecule has 3 heteroatoms. The van der Waals surface area contributed by atoms with Crippen LogP contribution in [0, 0.1) is 23.7 Å². The van der Waals surface area contributed by atoms with Crippen molar-refractivity contribution in [2.45, 2.75) is 30.6 Å². The molecular weight excluding hydrogens is 787 g/mol. The lowest BCUT2D eigenvalue weighted by atomic mass is 9.60. The van der Waals surface area contributed by atoms with Crippen molar-refractivity contribution in [1.82, 2.24) is 15.0 Å². The highest BCUT2D eigenvalue weighted by Gasteiger charge is 2.58. The van der Waals surface area contributed by atoms with Crippen LogP contribution in [0.3, 0.4) is 0 Å². The summed E-state index contributed by atoms with van der Waals surface area (Å²) in [6.45, 7) is 0. The second kappa shape index (κ2) is 16.6. The number of hydrogen-bond donors (Lipinski definition) is 0. The molecule has 5 aromatic carbocycles. The molecule has 0 bridgehead atoms. The Balaban J connectivity index is 0.955. The van der Waals surface area contributed by atoms with Gasteiger partial charge < -0.3 is 0 Å². The molecule has 0 amide bonds. The van der Waals surface area contributed by atoms with Crippen LogP contribution in [0.2, 0.25) is 0 Å². The Bertz CT molecular complexity index is 3120. The molecule has 6 aliphatic carbocycles. The van der Waals surface area contributed by atoms with Crippen molar-refractivity contribution in [2.24, 2.45) is 23.7 Å². The summed E-state index contributed by atoms with van der Waals surface area (Å²) in [6, 6.07) is 50.7. The summed E-state index contributed by atoms with van der Waals surface area (Å²) in [5.74, 6) is 3.25. The van der Waals surface area contributed by atoms with Crippen LogP contribution < -0.4 is 0 Å². The van der Waals surface area contributed by atoms with E-state index in [9.17, 15) is 0 Å². The smallest absolute Gasteiger partial charge is 0.163 e. The Morgan fingerprint density at radius 1 is 0.477 bits per heavy atom. The van der Waals surface area contributed by atoms with Gasteiger partial charge in [0.1, 0.15) is 5.82 Å². The lowest BCUT2D eigenvalue weighted by molar-refractivity contribution is 0.440.